The highest BCUT2D eigenvalue weighted by atomic mass is 16.5. The number of benzene rings is 2. The van der Waals surface area contributed by atoms with Gasteiger partial charge in [-0.2, -0.15) is 0 Å². The molecule has 1 saturated heterocycles. The van der Waals surface area contributed by atoms with E-state index < -0.39 is 0 Å². The molecule has 2 heterocycles. The van der Waals surface area contributed by atoms with Crippen LogP contribution < -0.4 is 0 Å². The quantitative estimate of drug-likeness (QED) is 0.708. The molecule has 1 aliphatic heterocycles. The smallest absolute Gasteiger partial charge is 0.228 e. The van der Waals surface area contributed by atoms with Gasteiger partial charge in [0.2, 0.25) is 11.8 Å². The molecule has 1 amide bonds. The Bertz CT molecular complexity index is 906. The van der Waals surface area contributed by atoms with Crippen LogP contribution in [0.4, 0.5) is 0 Å². The largest absolute Gasteiger partial charge is 0.441 e. The lowest BCUT2D eigenvalue weighted by atomic mass is 10.1. The summed E-state index contributed by atoms with van der Waals surface area (Å²) in [5.41, 5.74) is 2.70. The molecule has 0 spiro atoms. The fourth-order valence-electron chi connectivity index (χ4n) is 3.30. The van der Waals surface area contributed by atoms with Gasteiger partial charge in [-0.15, -0.1) is 0 Å². The number of aromatic nitrogens is 1. The van der Waals surface area contributed by atoms with Gasteiger partial charge in [0.05, 0.1) is 25.3 Å². The molecule has 0 N–H and O–H groups in total. The monoisotopic (exact) mass is 362 g/mol. The Morgan fingerprint density at radius 1 is 1.11 bits per heavy atom. The molecule has 0 aliphatic carbocycles. The van der Waals surface area contributed by atoms with Gasteiger partial charge in [0.15, 0.2) is 0 Å². The Kier molecular flexibility index (Phi) is 5.03. The van der Waals surface area contributed by atoms with Crippen molar-refractivity contribution in [3.63, 3.8) is 0 Å². The number of oxazole rings is 1. The topological polar surface area (TPSA) is 55.6 Å². The van der Waals surface area contributed by atoms with Crippen LogP contribution in [-0.4, -0.2) is 35.5 Å². The maximum absolute atomic E-state index is 12.8. The van der Waals surface area contributed by atoms with Gasteiger partial charge in [0.25, 0.3) is 0 Å². The summed E-state index contributed by atoms with van der Waals surface area (Å²) in [6, 6.07) is 19.8. The molecule has 1 aromatic heterocycles. The molecule has 0 saturated carbocycles. The van der Waals surface area contributed by atoms with Crippen molar-refractivity contribution in [2.75, 3.05) is 19.7 Å². The molecule has 1 fully saturated rings. The van der Waals surface area contributed by atoms with Crippen LogP contribution in [0.3, 0.4) is 0 Å². The first-order valence-corrected chi connectivity index (χ1v) is 9.17. The lowest BCUT2D eigenvalue weighted by Gasteiger charge is -2.33. The van der Waals surface area contributed by atoms with Gasteiger partial charge in [-0.3, -0.25) is 4.79 Å². The molecule has 138 valence electrons. The van der Waals surface area contributed by atoms with Crippen LogP contribution in [0.5, 0.6) is 0 Å². The minimum atomic E-state index is -0.0813. The number of hydrogen-bond acceptors (Lipinski definition) is 4. The minimum Gasteiger partial charge on any atom is -0.441 e. The predicted molar refractivity (Wildman–Crippen MR) is 102 cm³/mol. The number of carbonyl (C=O) groups excluding carboxylic acids is 1. The second kappa shape index (κ2) is 7.76. The zero-order valence-electron chi connectivity index (χ0n) is 15.3. The zero-order chi connectivity index (χ0) is 18.6. The average Bonchev–Trinajstić information content (AvgIpc) is 3.10. The van der Waals surface area contributed by atoms with Crippen molar-refractivity contribution in [2.24, 2.45) is 0 Å². The Labute approximate surface area is 158 Å². The number of nitrogens with zero attached hydrogens (tertiary/aromatic N) is 2. The number of hydrogen-bond donors (Lipinski definition) is 0. The number of morpholine rings is 1. The van der Waals surface area contributed by atoms with E-state index in [0.717, 1.165) is 11.1 Å². The summed E-state index contributed by atoms with van der Waals surface area (Å²) in [6.45, 7) is 3.56. The van der Waals surface area contributed by atoms with Crippen LogP contribution in [0.2, 0.25) is 0 Å². The number of ether oxygens (including phenoxy) is 1. The Hall–Kier alpha value is -2.92. The molecular weight excluding hydrogens is 340 g/mol. The van der Waals surface area contributed by atoms with Crippen molar-refractivity contribution < 1.29 is 13.9 Å². The normalized spacial score (nSPS) is 17.1. The van der Waals surface area contributed by atoms with E-state index in [2.05, 4.69) is 4.98 Å². The first-order valence-electron chi connectivity index (χ1n) is 9.17. The van der Waals surface area contributed by atoms with Gasteiger partial charge in [0.1, 0.15) is 11.9 Å². The highest BCUT2D eigenvalue weighted by Crippen LogP contribution is 2.24. The van der Waals surface area contributed by atoms with E-state index >= 15 is 0 Å². The molecule has 0 radical (unpaired) electrons. The summed E-state index contributed by atoms with van der Waals surface area (Å²) in [4.78, 5) is 19.2. The molecule has 4 rings (SSSR count). The Balaban J connectivity index is 1.45. The first kappa shape index (κ1) is 17.5. The standard InChI is InChI=1S/C22H22N2O3/c1-16-19(23-22(27-16)18-10-6-3-7-11-18)14-21(25)24-12-13-26-20(15-24)17-8-4-2-5-9-17/h2-11,20H,12-15H2,1H3. The SMILES string of the molecule is Cc1oc(-c2ccccc2)nc1CC(=O)N1CCOC(c2ccccc2)C1. The van der Waals surface area contributed by atoms with Crippen molar-refractivity contribution in [2.45, 2.75) is 19.4 Å². The lowest BCUT2D eigenvalue weighted by molar-refractivity contribution is -0.138. The van der Waals surface area contributed by atoms with Gasteiger partial charge in [-0.25, -0.2) is 4.98 Å². The third-order valence-electron chi connectivity index (χ3n) is 4.82. The summed E-state index contributed by atoms with van der Waals surface area (Å²) in [5.74, 6) is 1.30. The van der Waals surface area contributed by atoms with Gasteiger partial charge >= 0.3 is 0 Å². The maximum atomic E-state index is 12.8. The predicted octanol–water partition coefficient (Wildman–Crippen LogP) is 3.79. The fraction of sp³-hybridized carbons (Fsp3) is 0.273. The van der Waals surface area contributed by atoms with Crippen LogP contribution >= 0.6 is 0 Å². The van der Waals surface area contributed by atoms with E-state index in [4.69, 9.17) is 9.15 Å². The Morgan fingerprint density at radius 3 is 2.56 bits per heavy atom. The van der Waals surface area contributed by atoms with Gasteiger partial charge in [-0.05, 0) is 24.6 Å². The second-order valence-corrected chi connectivity index (χ2v) is 6.67. The van der Waals surface area contributed by atoms with Crippen molar-refractivity contribution in [1.82, 2.24) is 9.88 Å². The third kappa shape index (κ3) is 3.93. The van der Waals surface area contributed by atoms with Crippen molar-refractivity contribution in [3.8, 4) is 11.5 Å². The molecule has 27 heavy (non-hydrogen) atoms. The fourth-order valence-corrected chi connectivity index (χ4v) is 3.30. The van der Waals surface area contributed by atoms with E-state index in [1.54, 1.807) is 0 Å². The molecule has 1 atom stereocenters. The van der Waals surface area contributed by atoms with Crippen LogP contribution in [0.15, 0.2) is 65.1 Å². The summed E-state index contributed by atoms with van der Waals surface area (Å²) in [6.07, 6.45) is 0.158. The van der Waals surface area contributed by atoms with E-state index in [1.807, 2.05) is 72.5 Å². The molecule has 2 aromatic carbocycles. The molecule has 1 unspecified atom stereocenters. The second-order valence-electron chi connectivity index (χ2n) is 6.67. The minimum absolute atomic E-state index is 0.0512. The zero-order valence-corrected chi connectivity index (χ0v) is 15.3. The third-order valence-corrected chi connectivity index (χ3v) is 4.82. The number of aryl methyl sites for hydroxylation is 1. The average molecular weight is 362 g/mol. The lowest BCUT2D eigenvalue weighted by Crippen LogP contribution is -2.43. The maximum Gasteiger partial charge on any atom is 0.228 e. The first-order chi connectivity index (χ1) is 13.2. The summed E-state index contributed by atoms with van der Waals surface area (Å²) in [7, 11) is 0. The molecule has 5 heteroatoms. The van der Waals surface area contributed by atoms with Crippen molar-refractivity contribution >= 4 is 5.91 Å². The highest BCUT2D eigenvalue weighted by molar-refractivity contribution is 5.79. The van der Waals surface area contributed by atoms with Gasteiger partial charge in [0, 0.05) is 12.1 Å². The number of amides is 1. The molecule has 3 aromatic rings. The van der Waals surface area contributed by atoms with Crippen molar-refractivity contribution in [3.05, 3.63) is 77.7 Å². The molecule has 5 nitrogen and oxygen atoms in total. The van der Waals surface area contributed by atoms with Crippen LogP contribution in [0.1, 0.15) is 23.1 Å². The Morgan fingerprint density at radius 2 is 1.81 bits per heavy atom. The van der Waals surface area contributed by atoms with Crippen LogP contribution in [-0.2, 0) is 16.0 Å². The summed E-state index contributed by atoms with van der Waals surface area (Å²) >= 11 is 0. The van der Waals surface area contributed by atoms with Gasteiger partial charge in [-0.1, -0.05) is 48.5 Å². The molecule has 1 aliphatic rings. The summed E-state index contributed by atoms with van der Waals surface area (Å²) < 4.78 is 11.6. The summed E-state index contributed by atoms with van der Waals surface area (Å²) in [5, 5.41) is 0. The number of rotatable bonds is 4. The van der Waals surface area contributed by atoms with E-state index in [0.29, 0.717) is 37.0 Å². The highest BCUT2D eigenvalue weighted by Gasteiger charge is 2.26. The van der Waals surface area contributed by atoms with E-state index in [9.17, 15) is 4.79 Å². The van der Waals surface area contributed by atoms with Crippen molar-refractivity contribution in [1.29, 1.82) is 0 Å². The molecular formula is C22H22N2O3. The van der Waals surface area contributed by atoms with Crippen LogP contribution in [0.25, 0.3) is 11.5 Å². The number of carbonyl (C=O) groups is 1. The van der Waals surface area contributed by atoms with E-state index in [1.165, 1.54) is 0 Å². The van der Waals surface area contributed by atoms with Crippen LogP contribution in [0, 0.1) is 6.92 Å². The van der Waals surface area contributed by atoms with Gasteiger partial charge < -0.3 is 14.1 Å². The molecule has 0 bridgehead atoms. The van der Waals surface area contributed by atoms with E-state index in [-0.39, 0.29) is 18.4 Å².